The van der Waals surface area contributed by atoms with Crippen LogP contribution in [0.4, 0.5) is 0 Å². The van der Waals surface area contributed by atoms with Crippen molar-refractivity contribution in [1.82, 2.24) is 10.2 Å². The van der Waals surface area contributed by atoms with Gasteiger partial charge in [0.1, 0.15) is 0 Å². The highest BCUT2D eigenvalue weighted by molar-refractivity contribution is 5.77. The summed E-state index contributed by atoms with van der Waals surface area (Å²) in [5.41, 5.74) is 5.15. The van der Waals surface area contributed by atoms with Gasteiger partial charge in [0.2, 0.25) is 12.3 Å². The lowest BCUT2D eigenvalue weighted by atomic mass is 10.3. The summed E-state index contributed by atoms with van der Waals surface area (Å²) < 4.78 is 0. The van der Waals surface area contributed by atoms with E-state index in [4.69, 9.17) is 10.5 Å². The van der Waals surface area contributed by atoms with Crippen LogP contribution < -0.4 is 11.1 Å². The number of likely N-dealkylation sites (N-methyl/N-ethyl adjacent to an activating group) is 1. The summed E-state index contributed by atoms with van der Waals surface area (Å²) in [5, 5.41) is 2.25. The Kier molecular flexibility index (Phi) is 13.1. The molecule has 0 saturated carbocycles. The topological polar surface area (TPSA) is 75.4 Å². The molecular weight excluding hydrogens is 182 g/mol. The average Bonchev–Trinajstić information content (AvgIpc) is 2.24. The number of nitrogens with zero attached hydrogens (tertiary/aromatic N) is 1. The number of unbranched alkanes of at least 4 members (excludes halogenated alkanes) is 1. The number of amides is 2. The van der Waals surface area contributed by atoms with Gasteiger partial charge in [0, 0.05) is 20.6 Å². The molecular formula is C9H21N3O2. The van der Waals surface area contributed by atoms with Gasteiger partial charge in [-0.15, -0.1) is 0 Å². The molecule has 3 N–H and O–H groups in total. The molecule has 0 heterocycles. The zero-order valence-electron chi connectivity index (χ0n) is 9.25. The largest absolute Gasteiger partial charge is 0.362 e. The van der Waals surface area contributed by atoms with Crippen molar-refractivity contribution in [2.75, 3.05) is 27.2 Å². The first-order chi connectivity index (χ1) is 6.63. The first kappa shape index (κ1) is 15.4. The molecule has 0 aromatic rings. The van der Waals surface area contributed by atoms with Crippen LogP contribution in [0.5, 0.6) is 0 Å². The second-order valence-corrected chi connectivity index (χ2v) is 2.78. The Morgan fingerprint density at radius 2 is 2.07 bits per heavy atom. The summed E-state index contributed by atoms with van der Waals surface area (Å²) in [5.74, 6) is 0.0217. The Labute approximate surface area is 85.6 Å². The van der Waals surface area contributed by atoms with E-state index >= 15 is 0 Å². The molecule has 0 rings (SSSR count). The predicted molar refractivity (Wildman–Crippen MR) is 56.7 cm³/mol. The molecule has 84 valence electrons. The van der Waals surface area contributed by atoms with Gasteiger partial charge >= 0.3 is 0 Å². The minimum absolute atomic E-state index is 0.0217. The molecule has 14 heavy (non-hydrogen) atoms. The standard InChI is InChI=1S/C7H16N2O.C2H5NO/c1-3-4-5-9(2)7(10)6-8;1-3-2-4/h3-6,8H2,1-2H3;2H,1H3,(H,3,4). The van der Waals surface area contributed by atoms with E-state index in [0.29, 0.717) is 6.41 Å². The number of hydrogen-bond donors (Lipinski definition) is 2. The molecule has 0 saturated heterocycles. The maximum atomic E-state index is 10.8. The van der Waals surface area contributed by atoms with Crippen LogP contribution in [0.1, 0.15) is 19.8 Å². The lowest BCUT2D eigenvalue weighted by molar-refractivity contribution is -0.128. The van der Waals surface area contributed by atoms with Crippen molar-refractivity contribution in [2.45, 2.75) is 19.8 Å². The second-order valence-electron chi connectivity index (χ2n) is 2.78. The number of hydrogen-bond acceptors (Lipinski definition) is 3. The third-order valence-corrected chi connectivity index (χ3v) is 1.57. The molecule has 0 spiro atoms. The van der Waals surface area contributed by atoms with E-state index in [2.05, 4.69) is 12.2 Å². The predicted octanol–water partition coefficient (Wildman–Crippen LogP) is -0.434. The van der Waals surface area contributed by atoms with Gasteiger partial charge < -0.3 is 16.0 Å². The zero-order valence-corrected chi connectivity index (χ0v) is 9.25. The van der Waals surface area contributed by atoms with Gasteiger partial charge in [0.05, 0.1) is 6.54 Å². The molecule has 2 amide bonds. The van der Waals surface area contributed by atoms with Gasteiger partial charge in [-0.25, -0.2) is 0 Å². The van der Waals surface area contributed by atoms with Gasteiger partial charge in [-0.2, -0.15) is 0 Å². The van der Waals surface area contributed by atoms with Gasteiger partial charge in [-0.1, -0.05) is 13.3 Å². The monoisotopic (exact) mass is 203 g/mol. The third kappa shape index (κ3) is 10.9. The van der Waals surface area contributed by atoms with Gasteiger partial charge in [-0.3, -0.25) is 9.59 Å². The lowest BCUT2D eigenvalue weighted by Crippen LogP contribution is -2.33. The van der Waals surface area contributed by atoms with Crippen LogP contribution >= 0.6 is 0 Å². The number of carbonyl (C=O) groups excluding carboxylic acids is 2. The highest BCUT2D eigenvalue weighted by Crippen LogP contribution is 1.90. The maximum Gasteiger partial charge on any atom is 0.236 e. The molecule has 0 aliphatic rings. The van der Waals surface area contributed by atoms with E-state index < -0.39 is 0 Å². The molecule has 0 aliphatic heterocycles. The molecule has 0 fully saturated rings. The van der Waals surface area contributed by atoms with E-state index in [9.17, 15) is 4.79 Å². The fourth-order valence-electron chi connectivity index (χ4n) is 0.676. The maximum absolute atomic E-state index is 10.8. The summed E-state index contributed by atoms with van der Waals surface area (Å²) in [4.78, 5) is 21.6. The van der Waals surface area contributed by atoms with Crippen molar-refractivity contribution < 1.29 is 9.59 Å². The summed E-state index contributed by atoms with van der Waals surface area (Å²) in [6.45, 7) is 3.05. The van der Waals surface area contributed by atoms with Crippen molar-refractivity contribution in [3.63, 3.8) is 0 Å². The number of nitrogens with two attached hydrogens (primary N) is 1. The van der Waals surface area contributed by atoms with Crippen LogP contribution in [0.3, 0.4) is 0 Å². The first-order valence-corrected chi connectivity index (χ1v) is 4.68. The van der Waals surface area contributed by atoms with Gasteiger partial charge in [0.25, 0.3) is 0 Å². The molecule has 5 heteroatoms. The Morgan fingerprint density at radius 1 is 1.57 bits per heavy atom. The molecule has 0 aliphatic carbocycles. The lowest BCUT2D eigenvalue weighted by Gasteiger charge is -2.14. The van der Waals surface area contributed by atoms with Crippen molar-refractivity contribution in [3.8, 4) is 0 Å². The fraction of sp³-hybridized carbons (Fsp3) is 0.778. The highest BCUT2D eigenvalue weighted by Gasteiger charge is 2.03. The summed E-state index contributed by atoms with van der Waals surface area (Å²) >= 11 is 0. The Hall–Kier alpha value is -1.10. The molecule has 0 radical (unpaired) electrons. The Balaban J connectivity index is 0. The van der Waals surface area contributed by atoms with Gasteiger partial charge in [0.15, 0.2) is 0 Å². The molecule has 0 unspecified atom stereocenters. The first-order valence-electron chi connectivity index (χ1n) is 4.68. The minimum Gasteiger partial charge on any atom is -0.362 e. The fourth-order valence-corrected chi connectivity index (χ4v) is 0.676. The van der Waals surface area contributed by atoms with Crippen LogP contribution in [0.15, 0.2) is 0 Å². The van der Waals surface area contributed by atoms with E-state index in [1.807, 2.05) is 0 Å². The summed E-state index contributed by atoms with van der Waals surface area (Å²) in [6.07, 6.45) is 2.80. The summed E-state index contributed by atoms with van der Waals surface area (Å²) in [7, 11) is 3.35. The number of carbonyl (C=O) groups is 2. The number of rotatable bonds is 5. The van der Waals surface area contributed by atoms with E-state index in [0.717, 1.165) is 19.4 Å². The number of nitrogens with one attached hydrogen (secondary N) is 1. The molecule has 0 bridgehead atoms. The van der Waals surface area contributed by atoms with E-state index in [-0.39, 0.29) is 12.5 Å². The highest BCUT2D eigenvalue weighted by atomic mass is 16.2. The summed E-state index contributed by atoms with van der Waals surface area (Å²) in [6, 6.07) is 0. The van der Waals surface area contributed by atoms with Gasteiger partial charge in [-0.05, 0) is 6.42 Å². The third-order valence-electron chi connectivity index (χ3n) is 1.57. The molecule has 0 atom stereocenters. The molecule has 5 nitrogen and oxygen atoms in total. The van der Waals surface area contributed by atoms with Crippen molar-refractivity contribution in [1.29, 1.82) is 0 Å². The minimum atomic E-state index is 0.0217. The quantitative estimate of drug-likeness (QED) is 0.595. The normalized spacial score (nSPS) is 8.29. The zero-order chi connectivity index (χ0) is 11.4. The van der Waals surface area contributed by atoms with Crippen LogP contribution in [0.2, 0.25) is 0 Å². The Morgan fingerprint density at radius 3 is 2.36 bits per heavy atom. The molecule has 0 aromatic heterocycles. The average molecular weight is 203 g/mol. The Bertz CT molecular complexity index is 151. The van der Waals surface area contributed by atoms with Crippen molar-refractivity contribution in [2.24, 2.45) is 5.73 Å². The second kappa shape index (κ2) is 11.9. The van der Waals surface area contributed by atoms with Crippen LogP contribution in [-0.4, -0.2) is 44.4 Å². The SMILES string of the molecule is CCCCN(C)C(=O)CN.CNC=O. The smallest absolute Gasteiger partial charge is 0.236 e. The van der Waals surface area contributed by atoms with Crippen LogP contribution in [0.25, 0.3) is 0 Å². The van der Waals surface area contributed by atoms with E-state index in [1.165, 1.54) is 0 Å². The molecule has 0 aromatic carbocycles. The van der Waals surface area contributed by atoms with Crippen LogP contribution in [0, 0.1) is 0 Å². The van der Waals surface area contributed by atoms with Crippen LogP contribution in [-0.2, 0) is 9.59 Å². The van der Waals surface area contributed by atoms with Crippen molar-refractivity contribution in [3.05, 3.63) is 0 Å². The van der Waals surface area contributed by atoms with Crippen molar-refractivity contribution >= 4 is 12.3 Å². The van der Waals surface area contributed by atoms with E-state index in [1.54, 1.807) is 19.0 Å².